The zero-order valence-electron chi connectivity index (χ0n) is 15.2. The van der Waals surface area contributed by atoms with Crippen LogP contribution in [0.5, 0.6) is 5.75 Å². The van der Waals surface area contributed by atoms with Gasteiger partial charge >= 0.3 is 0 Å². The van der Waals surface area contributed by atoms with Crippen LogP contribution in [0.15, 0.2) is 28.8 Å². The lowest BCUT2D eigenvalue weighted by molar-refractivity contribution is -0.130. The molecule has 2 saturated heterocycles. The van der Waals surface area contributed by atoms with Crippen molar-refractivity contribution in [3.8, 4) is 17.1 Å². The minimum Gasteiger partial charge on any atom is -0.496 e. The molecule has 2 aliphatic rings. The average Bonchev–Trinajstić information content (AvgIpc) is 3.39. The second kappa shape index (κ2) is 7.38. The number of amides is 2. The van der Waals surface area contributed by atoms with Crippen LogP contribution in [0.1, 0.15) is 18.7 Å². The number of rotatable bonds is 6. The molecule has 1 N–H and O–H groups in total. The molecule has 2 fully saturated rings. The van der Waals surface area contributed by atoms with Gasteiger partial charge in [-0.05, 0) is 18.6 Å². The average molecular weight is 370 g/mol. The molecule has 0 saturated carbocycles. The smallest absolute Gasteiger partial charge is 0.226 e. The highest BCUT2D eigenvalue weighted by atomic mass is 16.5. The van der Waals surface area contributed by atoms with E-state index in [4.69, 9.17) is 9.26 Å². The fourth-order valence-electron chi connectivity index (χ4n) is 3.79. The maximum absolute atomic E-state index is 12.4. The summed E-state index contributed by atoms with van der Waals surface area (Å²) in [5, 5.41) is 6.87. The Morgan fingerprint density at radius 1 is 1.37 bits per heavy atom. The summed E-state index contributed by atoms with van der Waals surface area (Å²) in [5.41, 5.74) is 0.771. The van der Waals surface area contributed by atoms with Crippen molar-refractivity contribution in [1.29, 1.82) is 0 Å². The molecular formula is C19H22N4O4. The second-order valence-electron chi connectivity index (χ2n) is 6.98. The minimum atomic E-state index is -0.0340. The van der Waals surface area contributed by atoms with E-state index in [0.717, 1.165) is 5.56 Å². The van der Waals surface area contributed by atoms with Gasteiger partial charge in [0, 0.05) is 38.4 Å². The van der Waals surface area contributed by atoms with E-state index in [-0.39, 0.29) is 23.7 Å². The summed E-state index contributed by atoms with van der Waals surface area (Å²) in [6.45, 7) is 1.88. The van der Waals surface area contributed by atoms with Crippen molar-refractivity contribution < 1.29 is 18.8 Å². The Labute approximate surface area is 156 Å². The summed E-state index contributed by atoms with van der Waals surface area (Å²) in [5.74, 6) is 2.05. The molecule has 1 aromatic carbocycles. The lowest BCUT2D eigenvalue weighted by atomic mass is 10.0. The third-order valence-electron chi connectivity index (χ3n) is 5.27. The first-order chi connectivity index (χ1) is 13.2. The third kappa shape index (κ3) is 3.51. The Hall–Kier alpha value is -2.90. The van der Waals surface area contributed by atoms with E-state index in [9.17, 15) is 9.59 Å². The summed E-state index contributed by atoms with van der Waals surface area (Å²) < 4.78 is 10.6. The van der Waals surface area contributed by atoms with Gasteiger partial charge in [-0.25, -0.2) is 0 Å². The van der Waals surface area contributed by atoms with Crippen LogP contribution >= 0.6 is 0 Å². The molecule has 0 bridgehead atoms. The molecule has 2 atom stereocenters. The molecule has 3 heterocycles. The van der Waals surface area contributed by atoms with Crippen molar-refractivity contribution >= 4 is 11.8 Å². The third-order valence-corrected chi connectivity index (χ3v) is 5.27. The normalized spacial score (nSPS) is 21.2. The van der Waals surface area contributed by atoms with E-state index < -0.39 is 0 Å². The highest BCUT2D eigenvalue weighted by Gasteiger charge is 2.43. The van der Waals surface area contributed by atoms with Crippen molar-refractivity contribution in [2.45, 2.75) is 19.3 Å². The lowest BCUT2D eigenvalue weighted by Gasteiger charge is -2.16. The van der Waals surface area contributed by atoms with Crippen molar-refractivity contribution in [3.63, 3.8) is 0 Å². The number of para-hydroxylation sites is 1. The monoisotopic (exact) mass is 370 g/mol. The van der Waals surface area contributed by atoms with E-state index in [2.05, 4.69) is 15.5 Å². The summed E-state index contributed by atoms with van der Waals surface area (Å²) in [6.07, 6.45) is 1.58. The van der Waals surface area contributed by atoms with Crippen LogP contribution in [0.4, 0.5) is 0 Å². The lowest BCUT2D eigenvalue weighted by Crippen LogP contribution is -2.33. The number of aromatic nitrogens is 2. The highest BCUT2D eigenvalue weighted by molar-refractivity contribution is 5.84. The number of carbonyl (C=O) groups excluding carboxylic acids is 2. The predicted octanol–water partition coefficient (Wildman–Crippen LogP) is 1.27. The van der Waals surface area contributed by atoms with Crippen LogP contribution in [0.25, 0.3) is 11.4 Å². The van der Waals surface area contributed by atoms with Crippen LogP contribution in [0.3, 0.4) is 0 Å². The number of fused-ring (bicyclic) bond motifs is 1. The maximum atomic E-state index is 12.4. The van der Waals surface area contributed by atoms with Gasteiger partial charge in [0.2, 0.25) is 23.5 Å². The molecule has 142 valence electrons. The SMILES string of the molecule is COc1ccccc1-c1noc(CCCC(=O)N2C[C@@H]3CNC(=O)[C@@H]3C2)n1. The quantitative estimate of drug-likeness (QED) is 0.822. The molecule has 4 rings (SSSR count). The first kappa shape index (κ1) is 17.5. The number of ether oxygens (including phenoxy) is 1. The number of hydrogen-bond acceptors (Lipinski definition) is 6. The molecule has 0 spiro atoms. The molecule has 27 heavy (non-hydrogen) atoms. The van der Waals surface area contributed by atoms with E-state index >= 15 is 0 Å². The number of benzene rings is 1. The number of nitrogens with one attached hydrogen (secondary N) is 1. The van der Waals surface area contributed by atoms with Crippen LogP contribution < -0.4 is 10.1 Å². The molecule has 8 heteroatoms. The van der Waals surface area contributed by atoms with Gasteiger partial charge in [0.15, 0.2) is 0 Å². The Morgan fingerprint density at radius 2 is 2.22 bits per heavy atom. The Morgan fingerprint density at radius 3 is 3.04 bits per heavy atom. The van der Waals surface area contributed by atoms with Crippen molar-refractivity contribution in [1.82, 2.24) is 20.4 Å². The Kier molecular flexibility index (Phi) is 4.79. The number of likely N-dealkylation sites (tertiary alicyclic amines) is 1. The number of hydrogen-bond donors (Lipinski definition) is 1. The topological polar surface area (TPSA) is 97.6 Å². The van der Waals surface area contributed by atoms with E-state index in [1.54, 1.807) is 7.11 Å². The van der Waals surface area contributed by atoms with Gasteiger partial charge in [-0.15, -0.1) is 0 Å². The molecule has 2 aromatic rings. The predicted molar refractivity (Wildman–Crippen MR) is 95.8 cm³/mol. The van der Waals surface area contributed by atoms with Crippen LogP contribution in [-0.4, -0.2) is 53.6 Å². The fourth-order valence-corrected chi connectivity index (χ4v) is 3.79. The van der Waals surface area contributed by atoms with Crippen molar-refractivity contribution in [3.05, 3.63) is 30.2 Å². The van der Waals surface area contributed by atoms with Gasteiger partial charge in [0.1, 0.15) is 5.75 Å². The highest BCUT2D eigenvalue weighted by Crippen LogP contribution is 2.29. The summed E-state index contributed by atoms with van der Waals surface area (Å²) in [7, 11) is 1.60. The molecule has 0 radical (unpaired) electrons. The van der Waals surface area contributed by atoms with Crippen molar-refractivity contribution in [2.75, 3.05) is 26.7 Å². The van der Waals surface area contributed by atoms with Crippen LogP contribution in [0, 0.1) is 11.8 Å². The zero-order valence-corrected chi connectivity index (χ0v) is 15.2. The molecule has 8 nitrogen and oxygen atoms in total. The van der Waals surface area contributed by atoms with Crippen molar-refractivity contribution in [2.24, 2.45) is 11.8 Å². The fraction of sp³-hybridized carbons (Fsp3) is 0.474. The van der Waals surface area contributed by atoms with E-state index in [1.807, 2.05) is 29.2 Å². The van der Waals surface area contributed by atoms with E-state index in [0.29, 0.717) is 56.4 Å². The van der Waals surface area contributed by atoms with Gasteiger partial charge in [0.05, 0.1) is 18.6 Å². The summed E-state index contributed by atoms with van der Waals surface area (Å²) >= 11 is 0. The molecular weight excluding hydrogens is 348 g/mol. The van der Waals surface area contributed by atoms with Gasteiger partial charge in [-0.1, -0.05) is 17.3 Å². The largest absolute Gasteiger partial charge is 0.496 e. The first-order valence-corrected chi connectivity index (χ1v) is 9.17. The molecule has 0 aliphatic carbocycles. The van der Waals surface area contributed by atoms with Crippen LogP contribution in [-0.2, 0) is 16.0 Å². The molecule has 2 amide bonds. The minimum absolute atomic E-state index is 0.0340. The Balaban J connectivity index is 1.29. The summed E-state index contributed by atoms with van der Waals surface area (Å²) in [6, 6.07) is 7.48. The summed E-state index contributed by atoms with van der Waals surface area (Å²) in [4.78, 5) is 30.3. The Bertz CT molecular complexity index is 850. The van der Waals surface area contributed by atoms with Gasteiger partial charge in [-0.3, -0.25) is 9.59 Å². The second-order valence-corrected chi connectivity index (χ2v) is 6.98. The maximum Gasteiger partial charge on any atom is 0.226 e. The number of nitrogens with zero attached hydrogens (tertiary/aromatic N) is 3. The molecule has 0 unspecified atom stereocenters. The number of aryl methyl sites for hydroxylation is 1. The first-order valence-electron chi connectivity index (χ1n) is 9.17. The zero-order chi connectivity index (χ0) is 18.8. The van der Waals surface area contributed by atoms with Gasteiger partial charge < -0.3 is 19.5 Å². The standard InChI is InChI=1S/C19H22N4O4/c1-26-15-6-3-2-5-13(15)18-21-16(27-22-18)7-4-8-17(24)23-10-12-9-20-19(25)14(12)11-23/h2-3,5-6,12,14H,4,7-11H2,1H3,(H,20,25)/t12-,14+/m0/s1. The van der Waals surface area contributed by atoms with E-state index in [1.165, 1.54) is 0 Å². The molecule has 1 aromatic heterocycles. The van der Waals surface area contributed by atoms with Gasteiger partial charge in [-0.2, -0.15) is 4.98 Å². The molecule has 2 aliphatic heterocycles. The number of methoxy groups -OCH3 is 1. The van der Waals surface area contributed by atoms with Gasteiger partial charge in [0.25, 0.3) is 0 Å². The number of carbonyl (C=O) groups is 2. The van der Waals surface area contributed by atoms with Crippen LogP contribution in [0.2, 0.25) is 0 Å².